The molecular weight excluding hydrogens is 438 g/mol. The number of benzene rings is 1. The highest BCUT2D eigenvalue weighted by molar-refractivity contribution is 5.78. The van der Waals surface area contributed by atoms with Crippen molar-refractivity contribution in [2.45, 2.75) is 20.8 Å². The van der Waals surface area contributed by atoms with Crippen molar-refractivity contribution >= 4 is 24.8 Å². The second-order valence-electron chi connectivity index (χ2n) is 6.96. The van der Waals surface area contributed by atoms with Crippen LogP contribution in [0, 0.1) is 17.1 Å². The van der Waals surface area contributed by atoms with Crippen LogP contribution in [0.4, 0.5) is 8.78 Å². The molecule has 1 aromatic heterocycles. The second kappa shape index (κ2) is 12.0. The summed E-state index contributed by atoms with van der Waals surface area (Å²) in [5, 5.41) is 9.51. The maximum Gasteiger partial charge on any atom is 0.262 e. The highest BCUT2D eigenvalue weighted by atomic mass is 19.1. The molecule has 0 saturated carbocycles. The van der Waals surface area contributed by atoms with Crippen LogP contribution in [0.1, 0.15) is 31.9 Å². The van der Waals surface area contributed by atoms with Gasteiger partial charge in [-0.3, -0.25) is 19.3 Å². The number of pyridine rings is 1. The predicted molar refractivity (Wildman–Crippen MR) is 132 cm³/mol. The fourth-order valence-electron chi connectivity index (χ4n) is 3.18. The highest BCUT2D eigenvalue weighted by Gasteiger charge is 2.19. The minimum atomic E-state index is -0.757. The number of halogens is 2. The van der Waals surface area contributed by atoms with Crippen molar-refractivity contribution in [1.29, 1.82) is 5.26 Å². The molecule has 0 aliphatic carbocycles. The lowest BCUT2D eigenvalue weighted by atomic mass is 9.98. The van der Waals surface area contributed by atoms with Crippen molar-refractivity contribution in [3.05, 3.63) is 93.8 Å². The normalized spacial score (nSPS) is 12.8. The van der Waals surface area contributed by atoms with E-state index in [1.54, 1.807) is 26.0 Å². The predicted octanol–water partition coefficient (Wildman–Crippen LogP) is 5.88. The molecule has 0 atom stereocenters. The first kappa shape index (κ1) is 25.9. The number of aliphatic imine (C=N–C) groups is 2. The molecule has 0 bridgehead atoms. The van der Waals surface area contributed by atoms with E-state index in [0.29, 0.717) is 11.3 Å². The van der Waals surface area contributed by atoms with Gasteiger partial charge in [-0.05, 0) is 58.5 Å². The van der Waals surface area contributed by atoms with Crippen LogP contribution < -0.4 is 5.56 Å². The number of hydrogen-bond acceptors (Lipinski definition) is 5. The Balaban J connectivity index is 3.02. The van der Waals surface area contributed by atoms with Crippen LogP contribution in [-0.2, 0) is 4.74 Å². The average molecular weight is 463 g/mol. The molecule has 0 amide bonds. The van der Waals surface area contributed by atoms with E-state index in [9.17, 15) is 18.8 Å². The van der Waals surface area contributed by atoms with Crippen molar-refractivity contribution in [3.8, 4) is 17.2 Å². The number of aromatic nitrogens is 1. The SMILES string of the molecule is C=N/C=C\C=C(/C)n1cc(/C(N=C)=C(/C=C(\C)F)OCC)cc(-c2cccc(F)c2C#N)c1=O. The quantitative estimate of drug-likeness (QED) is 0.265. The topological polar surface area (TPSA) is 79.7 Å². The largest absolute Gasteiger partial charge is 0.491 e. The van der Waals surface area contributed by atoms with Gasteiger partial charge in [0.05, 0.1) is 12.2 Å². The molecule has 8 heteroatoms. The summed E-state index contributed by atoms with van der Waals surface area (Å²) < 4.78 is 35.0. The first-order valence-electron chi connectivity index (χ1n) is 10.2. The molecule has 0 unspecified atom stereocenters. The van der Waals surface area contributed by atoms with Crippen LogP contribution in [-0.4, -0.2) is 24.6 Å². The first-order chi connectivity index (χ1) is 16.3. The lowest BCUT2D eigenvalue weighted by molar-refractivity contribution is 0.243. The zero-order chi connectivity index (χ0) is 25.3. The molecule has 0 N–H and O–H groups in total. The standard InChI is InChI=1S/C26H24F2N4O2/c1-6-34-24(13-17(2)27)25(31-5)19-14-21(20-10-7-11-23(28)22(20)15-29)26(33)32(16-19)18(3)9-8-12-30-4/h7-14,16H,4-6H2,1-3H3/b12-8-,17-13+,18-9+,25-24+. The Labute approximate surface area is 196 Å². The van der Waals surface area contributed by atoms with E-state index in [1.165, 1.54) is 42.1 Å². The number of hydrogen-bond donors (Lipinski definition) is 0. The fraction of sp³-hybridized carbons (Fsp3) is 0.154. The Hall–Kier alpha value is -4.38. The average Bonchev–Trinajstić information content (AvgIpc) is 2.80. The summed E-state index contributed by atoms with van der Waals surface area (Å²) in [5.74, 6) is -1.17. The molecule has 0 radical (unpaired) electrons. The van der Waals surface area contributed by atoms with E-state index in [1.807, 2.05) is 6.07 Å². The van der Waals surface area contributed by atoms with Gasteiger partial charge in [0, 0.05) is 40.9 Å². The summed E-state index contributed by atoms with van der Waals surface area (Å²) in [5.41, 5.74) is 0.377. The summed E-state index contributed by atoms with van der Waals surface area (Å²) >= 11 is 0. The molecule has 0 fully saturated rings. The molecular formula is C26H24F2N4O2. The van der Waals surface area contributed by atoms with E-state index < -0.39 is 17.2 Å². The molecule has 6 nitrogen and oxygen atoms in total. The summed E-state index contributed by atoms with van der Waals surface area (Å²) in [6, 6.07) is 7.29. The van der Waals surface area contributed by atoms with E-state index in [0.717, 1.165) is 12.1 Å². The van der Waals surface area contributed by atoms with Crippen LogP contribution in [0.2, 0.25) is 0 Å². The molecule has 2 aromatic rings. The lowest BCUT2D eigenvalue weighted by Crippen LogP contribution is -2.21. The molecule has 34 heavy (non-hydrogen) atoms. The molecule has 2 rings (SSSR count). The van der Waals surface area contributed by atoms with Gasteiger partial charge in [0.15, 0.2) is 0 Å². The van der Waals surface area contributed by atoms with E-state index in [4.69, 9.17) is 4.74 Å². The number of ether oxygens (including phenoxy) is 1. The third-order valence-electron chi connectivity index (χ3n) is 4.64. The van der Waals surface area contributed by atoms with Gasteiger partial charge in [-0.1, -0.05) is 12.1 Å². The monoisotopic (exact) mass is 462 g/mol. The van der Waals surface area contributed by atoms with Gasteiger partial charge in [-0.15, -0.1) is 0 Å². The Morgan fingerprint density at radius 3 is 2.62 bits per heavy atom. The van der Waals surface area contributed by atoms with Gasteiger partial charge in [-0.2, -0.15) is 5.26 Å². The summed E-state index contributed by atoms with van der Waals surface area (Å²) in [4.78, 5) is 21.1. The van der Waals surface area contributed by atoms with E-state index >= 15 is 0 Å². The molecule has 174 valence electrons. The third kappa shape index (κ3) is 5.90. The number of allylic oxidation sites excluding steroid dienone is 5. The third-order valence-corrected chi connectivity index (χ3v) is 4.64. The summed E-state index contributed by atoms with van der Waals surface area (Å²) in [6.07, 6.45) is 7.31. The Bertz CT molecular complexity index is 1320. The molecule has 0 aliphatic heterocycles. The maximum atomic E-state index is 14.4. The zero-order valence-corrected chi connectivity index (χ0v) is 19.2. The first-order valence-corrected chi connectivity index (χ1v) is 10.2. The summed E-state index contributed by atoms with van der Waals surface area (Å²) in [6.45, 7) is 11.8. The highest BCUT2D eigenvalue weighted by Crippen LogP contribution is 2.29. The van der Waals surface area contributed by atoms with Gasteiger partial charge in [0.1, 0.15) is 29.2 Å². The van der Waals surface area contributed by atoms with Crippen molar-refractivity contribution < 1.29 is 13.5 Å². The van der Waals surface area contributed by atoms with Crippen LogP contribution in [0.25, 0.3) is 22.5 Å². The van der Waals surface area contributed by atoms with Gasteiger partial charge >= 0.3 is 0 Å². The smallest absolute Gasteiger partial charge is 0.262 e. The zero-order valence-electron chi connectivity index (χ0n) is 19.2. The molecule has 0 saturated heterocycles. The number of nitrogens with zero attached hydrogens (tertiary/aromatic N) is 4. The number of nitriles is 1. The molecule has 0 spiro atoms. The fourth-order valence-corrected chi connectivity index (χ4v) is 3.18. The van der Waals surface area contributed by atoms with Crippen molar-refractivity contribution in [3.63, 3.8) is 0 Å². The van der Waals surface area contributed by atoms with Gasteiger partial charge in [0.25, 0.3) is 5.56 Å². The number of rotatable bonds is 9. The van der Waals surface area contributed by atoms with Crippen molar-refractivity contribution in [2.24, 2.45) is 9.98 Å². The van der Waals surface area contributed by atoms with Crippen LogP contribution in [0.3, 0.4) is 0 Å². The van der Waals surface area contributed by atoms with Crippen LogP contribution in [0.15, 0.2) is 81.3 Å². The van der Waals surface area contributed by atoms with Crippen molar-refractivity contribution in [2.75, 3.05) is 6.61 Å². The van der Waals surface area contributed by atoms with Crippen molar-refractivity contribution in [1.82, 2.24) is 4.57 Å². The van der Waals surface area contributed by atoms with Gasteiger partial charge in [-0.25, -0.2) is 8.78 Å². The minimum absolute atomic E-state index is 0.0464. The van der Waals surface area contributed by atoms with Crippen LogP contribution >= 0.6 is 0 Å². The van der Waals surface area contributed by atoms with Crippen LogP contribution in [0.5, 0.6) is 0 Å². The Kier molecular flexibility index (Phi) is 9.15. The van der Waals surface area contributed by atoms with Gasteiger partial charge in [0.2, 0.25) is 0 Å². The minimum Gasteiger partial charge on any atom is -0.491 e. The molecule has 1 heterocycles. The Morgan fingerprint density at radius 2 is 2.03 bits per heavy atom. The molecule has 0 aliphatic rings. The Morgan fingerprint density at radius 1 is 1.29 bits per heavy atom. The lowest BCUT2D eigenvalue weighted by Gasteiger charge is -2.15. The van der Waals surface area contributed by atoms with Gasteiger partial charge < -0.3 is 4.74 Å². The molecule has 1 aromatic carbocycles. The second-order valence-corrected chi connectivity index (χ2v) is 6.96. The van der Waals surface area contributed by atoms with E-state index in [2.05, 4.69) is 23.4 Å². The summed E-state index contributed by atoms with van der Waals surface area (Å²) in [7, 11) is 0. The maximum absolute atomic E-state index is 14.4. The van der Waals surface area contributed by atoms with E-state index in [-0.39, 0.29) is 34.8 Å².